The maximum atomic E-state index is 12.5. The lowest BCUT2D eigenvalue weighted by Crippen LogP contribution is -2.48. The Morgan fingerprint density at radius 2 is 2.32 bits per heavy atom. The van der Waals surface area contributed by atoms with E-state index >= 15 is 0 Å². The number of likely N-dealkylation sites (tertiary alicyclic amines) is 1. The first-order valence-electron chi connectivity index (χ1n) is 6.35. The summed E-state index contributed by atoms with van der Waals surface area (Å²) in [6.07, 6.45) is 2.61. The molecule has 104 valence electrons. The van der Waals surface area contributed by atoms with Crippen molar-refractivity contribution in [1.82, 2.24) is 4.90 Å². The van der Waals surface area contributed by atoms with Crippen LogP contribution in [0.1, 0.15) is 36.5 Å². The number of piperidine rings is 1. The van der Waals surface area contributed by atoms with Crippen LogP contribution in [0.4, 0.5) is 0 Å². The van der Waals surface area contributed by atoms with Gasteiger partial charge in [0.15, 0.2) is 0 Å². The van der Waals surface area contributed by atoms with Gasteiger partial charge in [0.1, 0.15) is 6.04 Å². The van der Waals surface area contributed by atoms with Crippen molar-refractivity contribution < 1.29 is 14.3 Å². The Morgan fingerprint density at radius 3 is 2.95 bits per heavy atom. The molecule has 19 heavy (non-hydrogen) atoms. The molecule has 1 aromatic heterocycles. The van der Waals surface area contributed by atoms with E-state index in [1.54, 1.807) is 11.8 Å². The van der Waals surface area contributed by atoms with Crippen molar-refractivity contribution in [3.8, 4) is 0 Å². The van der Waals surface area contributed by atoms with Crippen molar-refractivity contribution in [2.75, 3.05) is 13.2 Å². The quantitative estimate of drug-likeness (QED) is 0.586. The third kappa shape index (κ3) is 3.47. The van der Waals surface area contributed by atoms with Crippen molar-refractivity contribution in [3.05, 3.63) is 19.9 Å². The lowest BCUT2D eigenvalue weighted by Gasteiger charge is -2.33. The fourth-order valence-corrected chi connectivity index (χ4v) is 3.57. The van der Waals surface area contributed by atoms with E-state index in [0.29, 0.717) is 25.1 Å². The topological polar surface area (TPSA) is 46.6 Å². The second-order valence-corrected chi connectivity index (χ2v) is 7.21. The molecule has 1 saturated heterocycles. The molecule has 1 unspecified atom stereocenters. The predicted octanol–water partition coefficient (Wildman–Crippen LogP) is 2.91. The summed E-state index contributed by atoms with van der Waals surface area (Å²) in [6, 6.07) is 1.45. The first-order chi connectivity index (χ1) is 9.13. The minimum Gasteiger partial charge on any atom is -0.464 e. The zero-order valence-electron chi connectivity index (χ0n) is 10.7. The number of hydrogen-bond acceptors (Lipinski definition) is 4. The van der Waals surface area contributed by atoms with Gasteiger partial charge in [-0.05, 0) is 54.8 Å². The number of halogens is 1. The summed E-state index contributed by atoms with van der Waals surface area (Å²) in [7, 11) is 0. The standard InChI is InChI=1S/C13H16INO3S/c1-2-18-13(17)10-5-3-4-6-15(10)12(16)9-7-11(14)19-8-9/h7-8,10H,2-6H2,1H3. The third-order valence-electron chi connectivity index (χ3n) is 3.14. The van der Waals surface area contributed by atoms with Gasteiger partial charge in [-0.15, -0.1) is 11.3 Å². The first kappa shape index (κ1) is 14.8. The van der Waals surface area contributed by atoms with E-state index < -0.39 is 6.04 Å². The molecule has 1 atom stereocenters. The summed E-state index contributed by atoms with van der Waals surface area (Å²) < 4.78 is 6.15. The SMILES string of the molecule is CCOC(=O)C1CCCCN1C(=O)c1csc(I)c1. The van der Waals surface area contributed by atoms with Gasteiger partial charge in [-0.25, -0.2) is 4.79 Å². The summed E-state index contributed by atoms with van der Waals surface area (Å²) in [5.74, 6) is -0.336. The van der Waals surface area contributed by atoms with Crippen LogP contribution in [0.15, 0.2) is 11.4 Å². The Kier molecular flexibility index (Phi) is 5.20. The minimum atomic E-state index is -0.418. The molecule has 0 N–H and O–H groups in total. The molecule has 0 aromatic carbocycles. The lowest BCUT2D eigenvalue weighted by molar-refractivity contribution is -0.149. The molecule has 1 aromatic rings. The molecule has 0 saturated carbocycles. The maximum Gasteiger partial charge on any atom is 0.328 e. The Balaban J connectivity index is 2.15. The van der Waals surface area contributed by atoms with E-state index in [-0.39, 0.29) is 11.9 Å². The molecular weight excluding hydrogens is 377 g/mol. The highest BCUT2D eigenvalue weighted by atomic mass is 127. The zero-order chi connectivity index (χ0) is 13.8. The number of carbonyl (C=O) groups is 2. The number of ether oxygens (including phenoxy) is 1. The van der Waals surface area contributed by atoms with E-state index in [1.165, 1.54) is 11.3 Å². The second kappa shape index (κ2) is 6.69. The Bertz CT molecular complexity index is 474. The van der Waals surface area contributed by atoms with E-state index in [1.807, 2.05) is 11.4 Å². The second-order valence-electron chi connectivity index (χ2n) is 4.40. The Hall–Kier alpha value is -0.630. The van der Waals surface area contributed by atoms with Crippen LogP contribution in [0.25, 0.3) is 0 Å². The van der Waals surface area contributed by atoms with Gasteiger partial charge in [0.25, 0.3) is 5.91 Å². The summed E-state index contributed by atoms with van der Waals surface area (Å²) in [5.41, 5.74) is 0.672. The smallest absolute Gasteiger partial charge is 0.328 e. The molecule has 0 aliphatic carbocycles. The van der Waals surface area contributed by atoms with Crippen molar-refractivity contribution in [2.45, 2.75) is 32.2 Å². The van der Waals surface area contributed by atoms with Crippen LogP contribution in [0.5, 0.6) is 0 Å². The van der Waals surface area contributed by atoms with Crippen LogP contribution in [0.3, 0.4) is 0 Å². The lowest BCUT2D eigenvalue weighted by atomic mass is 10.0. The summed E-state index contributed by atoms with van der Waals surface area (Å²) in [5, 5.41) is 1.85. The fourth-order valence-electron chi connectivity index (χ4n) is 2.25. The largest absolute Gasteiger partial charge is 0.464 e. The van der Waals surface area contributed by atoms with Gasteiger partial charge in [-0.3, -0.25) is 4.79 Å². The molecule has 0 bridgehead atoms. The number of hydrogen-bond donors (Lipinski definition) is 0. The van der Waals surface area contributed by atoms with Gasteiger partial charge in [0.05, 0.1) is 15.1 Å². The molecule has 4 nitrogen and oxygen atoms in total. The van der Waals surface area contributed by atoms with Crippen LogP contribution in [0.2, 0.25) is 0 Å². The number of nitrogens with zero attached hydrogens (tertiary/aromatic N) is 1. The monoisotopic (exact) mass is 393 g/mol. The molecule has 1 amide bonds. The Morgan fingerprint density at radius 1 is 1.53 bits per heavy atom. The molecule has 1 aliphatic rings. The van der Waals surface area contributed by atoms with Gasteiger partial charge in [0, 0.05) is 11.9 Å². The maximum absolute atomic E-state index is 12.5. The van der Waals surface area contributed by atoms with Crippen molar-refractivity contribution >= 4 is 45.8 Å². The average Bonchev–Trinajstić information content (AvgIpc) is 2.85. The average molecular weight is 393 g/mol. The van der Waals surface area contributed by atoms with E-state index in [0.717, 1.165) is 15.7 Å². The molecule has 0 spiro atoms. The fraction of sp³-hybridized carbons (Fsp3) is 0.538. The predicted molar refractivity (Wildman–Crippen MR) is 82.3 cm³/mol. The van der Waals surface area contributed by atoms with Crippen LogP contribution < -0.4 is 0 Å². The molecule has 1 aliphatic heterocycles. The third-order valence-corrected chi connectivity index (χ3v) is 4.93. The normalized spacial score (nSPS) is 19.3. The highest BCUT2D eigenvalue weighted by Crippen LogP contribution is 2.23. The van der Waals surface area contributed by atoms with Gasteiger partial charge < -0.3 is 9.64 Å². The molecule has 6 heteroatoms. The highest BCUT2D eigenvalue weighted by molar-refractivity contribution is 14.1. The van der Waals surface area contributed by atoms with Gasteiger partial charge in [-0.1, -0.05) is 0 Å². The minimum absolute atomic E-state index is 0.0584. The van der Waals surface area contributed by atoms with Crippen LogP contribution >= 0.6 is 33.9 Å². The van der Waals surface area contributed by atoms with Crippen LogP contribution in [-0.2, 0) is 9.53 Å². The van der Waals surface area contributed by atoms with Crippen molar-refractivity contribution in [1.29, 1.82) is 0 Å². The van der Waals surface area contributed by atoms with Crippen LogP contribution in [0, 0.1) is 2.88 Å². The number of amides is 1. The summed E-state index contributed by atoms with van der Waals surface area (Å²) in [6.45, 7) is 2.77. The van der Waals surface area contributed by atoms with Crippen molar-refractivity contribution in [2.24, 2.45) is 0 Å². The number of rotatable bonds is 3. The summed E-state index contributed by atoms with van der Waals surface area (Å²) in [4.78, 5) is 26.1. The highest BCUT2D eigenvalue weighted by Gasteiger charge is 2.33. The molecular formula is C13H16INO3S. The molecule has 2 rings (SSSR count). The molecule has 1 fully saturated rings. The summed E-state index contributed by atoms with van der Waals surface area (Å²) >= 11 is 3.73. The number of carbonyl (C=O) groups excluding carboxylic acids is 2. The van der Waals surface area contributed by atoms with E-state index in [9.17, 15) is 9.59 Å². The molecule has 2 heterocycles. The number of esters is 1. The Labute approximate surface area is 130 Å². The van der Waals surface area contributed by atoms with Gasteiger partial charge >= 0.3 is 5.97 Å². The molecule has 0 radical (unpaired) electrons. The zero-order valence-corrected chi connectivity index (χ0v) is 13.7. The van der Waals surface area contributed by atoms with E-state index in [4.69, 9.17) is 4.74 Å². The van der Waals surface area contributed by atoms with E-state index in [2.05, 4.69) is 22.6 Å². The van der Waals surface area contributed by atoms with Gasteiger partial charge in [0.2, 0.25) is 0 Å². The number of thiophene rings is 1. The van der Waals surface area contributed by atoms with Gasteiger partial charge in [-0.2, -0.15) is 0 Å². The first-order valence-corrected chi connectivity index (χ1v) is 8.31. The van der Waals surface area contributed by atoms with Crippen molar-refractivity contribution in [3.63, 3.8) is 0 Å². The van der Waals surface area contributed by atoms with Crippen LogP contribution in [-0.4, -0.2) is 36.0 Å².